The van der Waals surface area contributed by atoms with Crippen molar-refractivity contribution in [2.45, 2.75) is 25.4 Å². The third kappa shape index (κ3) is 3.60. The van der Waals surface area contributed by atoms with Crippen molar-refractivity contribution in [3.63, 3.8) is 0 Å². The number of furan rings is 1. The van der Waals surface area contributed by atoms with E-state index in [0.717, 1.165) is 23.3 Å². The van der Waals surface area contributed by atoms with Crippen molar-refractivity contribution >= 4 is 34.1 Å². The number of amides is 1. The fraction of sp³-hybridized carbons (Fsp3) is 0.263. The van der Waals surface area contributed by atoms with E-state index >= 15 is 0 Å². The number of benzene rings is 1. The Kier molecular flexibility index (Phi) is 4.67. The van der Waals surface area contributed by atoms with Gasteiger partial charge in [-0.15, -0.1) is 0 Å². The molecule has 0 unspecified atom stereocenters. The maximum absolute atomic E-state index is 11.3. The van der Waals surface area contributed by atoms with Gasteiger partial charge in [0, 0.05) is 17.5 Å². The van der Waals surface area contributed by atoms with Gasteiger partial charge in [0.1, 0.15) is 28.8 Å². The Bertz CT molecular complexity index is 927. The van der Waals surface area contributed by atoms with Crippen molar-refractivity contribution in [2.75, 3.05) is 11.9 Å². The quantitative estimate of drug-likeness (QED) is 0.645. The summed E-state index contributed by atoms with van der Waals surface area (Å²) in [6.45, 7) is 0.954. The fourth-order valence-electron chi connectivity index (χ4n) is 3.04. The molecule has 0 radical (unpaired) electrons. The number of fused-ring (bicyclic) bond motifs is 1. The standard InChI is InChI=1S/C19H18ClN3O3/c20-17-9-15(21-10-13-3-2-8-25-13)14-4-1-5-16(19(14)23-17)26-11-12-6-7-18(24)22-12/h1-5,8-9,12H,6-7,10-11H2,(H,21,23)(H,22,24)/t12-/m1/s1. The lowest BCUT2D eigenvalue weighted by molar-refractivity contribution is -0.119. The first-order valence-corrected chi connectivity index (χ1v) is 8.84. The highest BCUT2D eigenvalue weighted by atomic mass is 35.5. The van der Waals surface area contributed by atoms with Crippen LogP contribution in [0.3, 0.4) is 0 Å². The molecule has 0 saturated carbocycles. The van der Waals surface area contributed by atoms with Crippen LogP contribution in [0.4, 0.5) is 5.69 Å². The molecule has 4 rings (SSSR count). The van der Waals surface area contributed by atoms with E-state index in [1.165, 1.54) is 0 Å². The number of ether oxygens (including phenoxy) is 1. The number of hydrogen-bond acceptors (Lipinski definition) is 5. The van der Waals surface area contributed by atoms with Crippen LogP contribution >= 0.6 is 11.6 Å². The average molecular weight is 372 g/mol. The van der Waals surface area contributed by atoms with Crippen molar-refractivity contribution in [3.8, 4) is 5.75 Å². The molecule has 7 heteroatoms. The predicted octanol–water partition coefficient (Wildman–Crippen LogP) is 3.75. The first-order valence-electron chi connectivity index (χ1n) is 8.47. The summed E-state index contributed by atoms with van der Waals surface area (Å²) >= 11 is 6.22. The molecule has 1 atom stereocenters. The number of nitrogens with one attached hydrogen (secondary N) is 2. The molecule has 1 fully saturated rings. The highest BCUT2D eigenvalue weighted by Crippen LogP contribution is 2.32. The van der Waals surface area contributed by atoms with Crippen LogP contribution in [-0.2, 0) is 11.3 Å². The van der Waals surface area contributed by atoms with Crippen LogP contribution in [0.25, 0.3) is 10.9 Å². The third-order valence-corrected chi connectivity index (χ3v) is 4.52. The molecule has 3 aromatic rings. The summed E-state index contributed by atoms with van der Waals surface area (Å²) < 4.78 is 11.3. The van der Waals surface area contributed by atoms with Crippen molar-refractivity contribution in [1.29, 1.82) is 0 Å². The van der Waals surface area contributed by atoms with Crippen LogP contribution in [-0.4, -0.2) is 23.5 Å². The molecule has 1 aromatic carbocycles. The van der Waals surface area contributed by atoms with E-state index < -0.39 is 0 Å². The van der Waals surface area contributed by atoms with Gasteiger partial charge in [-0.1, -0.05) is 23.7 Å². The number of carbonyl (C=O) groups excluding carboxylic acids is 1. The Morgan fingerprint density at radius 1 is 1.35 bits per heavy atom. The van der Waals surface area contributed by atoms with Gasteiger partial charge in [-0.05, 0) is 30.7 Å². The Morgan fingerprint density at radius 3 is 3.04 bits per heavy atom. The Balaban J connectivity index is 1.57. The van der Waals surface area contributed by atoms with Gasteiger partial charge in [0.2, 0.25) is 5.91 Å². The number of rotatable bonds is 6. The highest BCUT2D eigenvalue weighted by Gasteiger charge is 2.21. The lowest BCUT2D eigenvalue weighted by atomic mass is 10.1. The monoisotopic (exact) mass is 371 g/mol. The van der Waals surface area contributed by atoms with E-state index in [2.05, 4.69) is 15.6 Å². The van der Waals surface area contributed by atoms with Gasteiger partial charge in [-0.25, -0.2) is 4.98 Å². The molecular formula is C19H18ClN3O3. The zero-order valence-electron chi connectivity index (χ0n) is 14.0. The predicted molar refractivity (Wildman–Crippen MR) is 99.4 cm³/mol. The van der Waals surface area contributed by atoms with Crippen molar-refractivity contribution < 1.29 is 13.9 Å². The third-order valence-electron chi connectivity index (χ3n) is 4.33. The van der Waals surface area contributed by atoms with Gasteiger partial charge in [0.05, 0.1) is 18.8 Å². The van der Waals surface area contributed by atoms with Crippen LogP contribution < -0.4 is 15.4 Å². The average Bonchev–Trinajstić information content (AvgIpc) is 3.29. The summed E-state index contributed by atoms with van der Waals surface area (Å²) in [6, 6.07) is 11.3. The second-order valence-electron chi connectivity index (χ2n) is 6.19. The van der Waals surface area contributed by atoms with E-state index in [-0.39, 0.29) is 11.9 Å². The number of anilines is 1. The normalized spacial score (nSPS) is 16.7. The van der Waals surface area contributed by atoms with Gasteiger partial charge in [-0.3, -0.25) is 4.79 Å². The second kappa shape index (κ2) is 7.25. The first-order chi connectivity index (χ1) is 12.7. The summed E-state index contributed by atoms with van der Waals surface area (Å²) in [4.78, 5) is 15.8. The molecule has 0 spiro atoms. The minimum atomic E-state index is 0.0356. The number of nitrogens with zero attached hydrogens (tertiary/aromatic N) is 1. The zero-order chi connectivity index (χ0) is 17.9. The summed E-state index contributed by atoms with van der Waals surface area (Å²) in [5, 5.41) is 7.52. The van der Waals surface area contributed by atoms with Crippen LogP contribution in [0.15, 0.2) is 47.1 Å². The molecule has 2 N–H and O–H groups in total. The Morgan fingerprint density at radius 2 is 2.27 bits per heavy atom. The summed E-state index contributed by atoms with van der Waals surface area (Å²) in [7, 11) is 0. The van der Waals surface area contributed by atoms with Crippen molar-refractivity contribution in [1.82, 2.24) is 10.3 Å². The Hall–Kier alpha value is -2.73. The number of carbonyl (C=O) groups is 1. The molecule has 1 aliphatic heterocycles. The van der Waals surface area contributed by atoms with Crippen molar-refractivity contribution in [2.24, 2.45) is 0 Å². The number of halogens is 1. The zero-order valence-corrected chi connectivity index (χ0v) is 14.8. The lowest BCUT2D eigenvalue weighted by Crippen LogP contribution is -2.30. The second-order valence-corrected chi connectivity index (χ2v) is 6.58. The van der Waals surface area contributed by atoms with E-state index in [1.807, 2.05) is 30.3 Å². The molecular weight excluding hydrogens is 354 g/mol. The molecule has 26 heavy (non-hydrogen) atoms. The summed E-state index contributed by atoms with van der Waals surface area (Å²) in [5.41, 5.74) is 1.54. The maximum Gasteiger partial charge on any atom is 0.220 e. The lowest BCUT2D eigenvalue weighted by Gasteiger charge is -2.15. The molecule has 1 amide bonds. The van der Waals surface area contributed by atoms with Crippen molar-refractivity contribution in [3.05, 3.63) is 53.6 Å². The fourth-order valence-corrected chi connectivity index (χ4v) is 3.24. The number of pyridine rings is 1. The highest BCUT2D eigenvalue weighted by molar-refractivity contribution is 6.30. The van der Waals surface area contributed by atoms with Crippen LogP contribution in [0, 0.1) is 0 Å². The smallest absolute Gasteiger partial charge is 0.220 e. The van der Waals surface area contributed by atoms with Gasteiger partial charge in [0.15, 0.2) is 0 Å². The molecule has 3 heterocycles. The topological polar surface area (TPSA) is 76.4 Å². The largest absolute Gasteiger partial charge is 0.489 e. The Labute approximate surface area is 155 Å². The number of aromatic nitrogens is 1. The SMILES string of the molecule is O=C1CC[C@H](COc2cccc3c(NCc4ccco4)cc(Cl)nc23)N1. The van der Waals surface area contributed by atoms with E-state index in [0.29, 0.717) is 36.0 Å². The maximum atomic E-state index is 11.3. The first kappa shape index (κ1) is 16.7. The van der Waals surface area contributed by atoms with E-state index in [9.17, 15) is 4.79 Å². The summed E-state index contributed by atoms with van der Waals surface area (Å²) in [5.74, 6) is 1.55. The van der Waals surface area contributed by atoms with Gasteiger partial charge < -0.3 is 19.8 Å². The van der Waals surface area contributed by atoms with Crippen LogP contribution in [0.2, 0.25) is 5.15 Å². The van der Waals surface area contributed by atoms with Gasteiger partial charge >= 0.3 is 0 Å². The number of para-hydroxylation sites is 1. The number of hydrogen-bond donors (Lipinski definition) is 2. The molecule has 0 aliphatic carbocycles. The van der Waals surface area contributed by atoms with Crippen LogP contribution in [0.1, 0.15) is 18.6 Å². The van der Waals surface area contributed by atoms with Gasteiger partial charge in [-0.2, -0.15) is 0 Å². The molecule has 134 valence electrons. The molecule has 1 aliphatic rings. The molecule has 6 nitrogen and oxygen atoms in total. The van der Waals surface area contributed by atoms with Crippen LogP contribution in [0.5, 0.6) is 5.75 Å². The van der Waals surface area contributed by atoms with E-state index in [4.69, 9.17) is 20.8 Å². The molecule has 0 bridgehead atoms. The molecule has 2 aromatic heterocycles. The van der Waals surface area contributed by atoms with Gasteiger partial charge in [0.25, 0.3) is 0 Å². The summed E-state index contributed by atoms with van der Waals surface area (Å²) in [6.07, 6.45) is 2.98. The minimum absolute atomic E-state index is 0.0356. The molecule has 1 saturated heterocycles. The minimum Gasteiger partial charge on any atom is -0.489 e. The van der Waals surface area contributed by atoms with E-state index in [1.54, 1.807) is 12.3 Å².